The fourth-order valence-corrected chi connectivity index (χ4v) is 1.27. The molecule has 0 radical (unpaired) electrons. The minimum absolute atomic E-state index is 0.144. The molecule has 5 nitrogen and oxygen atoms in total. The third-order valence-corrected chi connectivity index (χ3v) is 2.00. The van der Waals surface area contributed by atoms with E-state index in [1.165, 1.54) is 0 Å². The summed E-state index contributed by atoms with van der Waals surface area (Å²) in [6.45, 7) is -0.288. The molecule has 1 unspecified atom stereocenters. The topological polar surface area (TPSA) is 66.0 Å². The SMILES string of the molecule is Cn1cc(CC(N)CCOCC(F)F)nn1. The lowest BCUT2D eigenvalue weighted by Crippen LogP contribution is -2.25. The van der Waals surface area contributed by atoms with Crippen LogP contribution in [0, 0.1) is 0 Å². The molecule has 0 saturated carbocycles. The fraction of sp³-hybridized carbons (Fsp3) is 0.778. The lowest BCUT2D eigenvalue weighted by Gasteiger charge is -2.09. The zero-order chi connectivity index (χ0) is 12.0. The van der Waals surface area contributed by atoms with Crippen molar-refractivity contribution in [1.82, 2.24) is 15.0 Å². The highest BCUT2D eigenvalue weighted by molar-refractivity contribution is 4.94. The Morgan fingerprint density at radius 1 is 1.56 bits per heavy atom. The standard InChI is InChI=1S/C9H16F2N4O/c1-15-5-8(13-14-15)4-7(12)2-3-16-6-9(10)11/h5,7,9H,2-4,6,12H2,1H3. The molecule has 0 fully saturated rings. The van der Waals surface area contributed by atoms with Gasteiger partial charge in [-0.2, -0.15) is 0 Å². The van der Waals surface area contributed by atoms with Crippen molar-refractivity contribution in [2.75, 3.05) is 13.2 Å². The van der Waals surface area contributed by atoms with E-state index in [9.17, 15) is 8.78 Å². The van der Waals surface area contributed by atoms with Gasteiger partial charge < -0.3 is 10.5 Å². The molecule has 16 heavy (non-hydrogen) atoms. The summed E-state index contributed by atoms with van der Waals surface area (Å²) < 4.78 is 29.8. The first-order valence-corrected chi connectivity index (χ1v) is 5.04. The van der Waals surface area contributed by atoms with Crippen LogP contribution in [-0.2, 0) is 18.2 Å². The van der Waals surface area contributed by atoms with Crippen LogP contribution >= 0.6 is 0 Å². The third-order valence-electron chi connectivity index (χ3n) is 2.00. The average Bonchev–Trinajstić information content (AvgIpc) is 2.58. The summed E-state index contributed by atoms with van der Waals surface area (Å²) in [7, 11) is 1.77. The van der Waals surface area contributed by atoms with E-state index in [4.69, 9.17) is 10.5 Å². The molecule has 1 rings (SSSR count). The Morgan fingerprint density at radius 2 is 2.31 bits per heavy atom. The van der Waals surface area contributed by atoms with Gasteiger partial charge in [-0.15, -0.1) is 5.10 Å². The fourth-order valence-electron chi connectivity index (χ4n) is 1.27. The molecule has 0 saturated heterocycles. The lowest BCUT2D eigenvalue weighted by molar-refractivity contribution is 0.0152. The summed E-state index contributed by atoms with van der Waals surface area (Å²) in [5, 5.41) is 7.65. The predicted octanol–water partition coefficient (Wildman–Crippen LogP) is 0.357. The second kappa shape index (κ2) is 6.49. The second-order valence-electron chi connectivity index (χ2n) is 3.60. The van der Waals surface area contributed by atoms with E-state index in [0.717, 1.165) is 5.69 Å². The number of aromatic nitrogens is 3. The first kappa shape index (κ1) is 13.0. The molecule has 7 heteroatoms. The minimum atomic E-state index is -2.42. The van der Waals surface area contributed by atoms with Crippen LogP contribution in [-0.4, -0.2) is 40.7 Å². The van der Waals surface area contributed by atoms with Crippen LogP contribution in [0.15, 0.2) is 6.20 Å². The number of halogens is 2. The second-order valence-corrected chi connectivity index (χ2v) is 3.60. The molecule has 0 spiro atoms. The maximum absolute atomic E-state index is 11.7. The van der Waals surface area contributed by atoms with Gasteiger partial charge >= 0.3 is 0 Å². The number of hydrogen-bond donors (Lipinski definition) is 1. The Balaban J connectivity index is 2.13. The van der Waals surface area contributed by atoms with E-state index in [-0.39, 0.29) is 12.6 Å². The molecule has 0 aliphatic rings. The Labute approximate surface area is 92.6 Å². The number of ether oxygens (including phenoxy) is 1. The third kappa shape index (κ3) is 5.13. The summed E-state index contributed by atoms with van der Waals surface area (Å²) >= 11 is 0. The highest BCUT2D eigenvalue weighted by Gasteiger charge is 2.08. The maximum atomic E-state index is 11.7. The zero-order valence-electron chi connectivity index (χ0n) is 9.14. The van der Waals surface area contributed by atoms with E-state index in [0.29, 0.717) is 12.8 Å². The Kier molecular flexibility index (Phi) is 5.27. The number of alkyl halides is 2. The van der Waals surface area contributed by atoms with E-state index in [1.54, 1.807) is 17.9 Å². The number of aryl methyl sites for hydroxylation is 1. The monoisotopic (exact) mass is 234 g/mol. The van der Waals surface area contributed by atoms with E-state index in [2.05, 4.69) is 10.3 Å². The van der Waals surface area contributed by atoms with Crippen LogP contribution < -0.4 is 5.73 Å². The van der Waals surface area contributed by atoms with E-state index >= 15 is 0 Å². The molecular formula is C9H16F2N4O. The zero-order valence-corrected chi connectivity index (χ0v) is 9.14. The van der Waals surface area contributed by atoms with Crippen molar-refractivity contribution >= 4 is 0 Å². The molecule has 0 aliphatic heterocycles. The average molecular weight is 234 g/mol. The number of nitrogens with zero attached hydrogens (tertiary/aromatic N) is 3. The molecule has 1 atom stereocenters. The molecule has 0 bridgehead atoms. The summed E-state index contributed by atoms with van der Waals surface area (Å²) in [5.74, 6) is 0. The number of hydrogen-bond acceptors (Lipinski definition) is 4. The van der Waals surface area contributed by atoms with Crippen molar-refractivity contribution in [2.45, 2.75) is 25.3 Å². The largest absolute Gasteiger partial charge is 0.375 e. The molecule has 0 amide bonds. The van der Waals surface area contributed by atoms with Crippen molar-refractivity contribution in [1.29, 1.82) is 0 Å². The van der Waals surface area contributed by atoms with Crippen LogP contribution in [0.4, 0.5) is 8.78 Å². The van der Waals surface area contributed by atoms with Crippen LogP contribution in [0.3, 0.4) is 0 Å². The van der Waals surface area contributed by atoms with E-state index < -0.39 is 13.0 Å². The van der Waals surface area contributed by atoms with Gasteiger partial charge in [0.25, 0.3) is 6.43 Å². The predicted molar refractivity (Wildman–Crippen MR) is 54.1 cm³/mol. The van der Waals surface area contributed by atoms with E-state index in [1.807, 2.05) is 0 Å². The molecule has 92 valence electrons. The van der Waals surface area contributed by atoms with Gasteiger partial charge in [0.2, 0.25) is 0 Å². The number of nitrogens with two attached hydrogens (primary N) is 1. The van der Waals surface area contributed by atoms with Crippen LogP contribution in [0.2, 0.25) is 0 Å². The quantitative estimate of drug-likeness (QED) is 0.692. The van der Waals surface area contributed by atoms with Gasteiger partial charge in [0.15, 0.2) is 0 Å². The van der Waals surface area contributed by atoms with Crippen molar-refractivity contribution in [3.05, 3.63) is 11.9 Å². The highest BCUT2D eigenvalue weighted by Crippen LogP contribution is 2.01. The van der Waals surface area contributed by atoms with Crippen molar-refractivity contribution in [3.63, 3.8) is 0 Å². The number of rotatable bonds is 7. The molecular weight excluding hydrogens is 218 g/mol. The van der Waals surface area contributed by atoms with Crippen LogP contribution in [0.25, 0.3) is 0 Å². The van der Waals surface area contributed by atoms with Crippen molar-refractivity contribution in [2.24, 2.45) is 12.8 Å². The highest BCUT2D eigenvalue weighted by atomic mass is 19.3. The first-order chi connectivity index (χ1) is 7.58. The van der Waals surface area contributed by atoms with Gasteiger partial charge in [0.05, 0.1) is 5.69 Å². The van der Waals surface area contributed by atoms with Gasteiger partial charge in [-0.3, -0.25) is 4.68 Å². The Morgan fingerprint density at radius 3 is 2.88 bits per heavy atom. The summed E-state index contributed by atoms with van der Waals surface area (Å²) in [5.41, 5.74) is 6.58. The maximum Gasteiger partial charge on any atom is 0.261 e. The molecule has 1 aromatic heterocycles. The molecule has 0 aliphatic carbocycles. The van der Waals surface area contributed by atoms with Gasteiger partial charge in [-0.05, 0) is 6.42 Å². The Hall–Kier alpha value is -1.08. The van der Waals surface area contributed by atoms with Crippen LogP contribution in [0.1, 0.15) is 12.1 Å². The smallest absolute Gasteiger partial charge is 0.261 e. The summed E-state index contributed by atoms with van der Waals surface area (Å²) in [6, 6.07) is -0.144. The molecule has 1 heterocycles. The van der Waals surface area contributed by atoms with Crippen LogP contribution in [0.5, 0.6) is 0 Å². The van der Waals surface area contributed by atoms with Gasteiger partial charge in [-0.25, -0.2) is 8.78 Å². The molecule has 1 aromatic rings. The Bertz CT molecular complexity index is 305. The first-order valence-electron chi connectivity index (χ1n) is 5.04. The van der Waals surface area contributed by atoms with Gasteiger partial charge in [-0.1, -0.05) is 5.21 Å². The lowest BCUT2D eigenvalue weighted by atomic mass is 10.1. The molecule has 2 N–H and O–H groups in total. The van der Waals surface area contributed by atoms with Gasteiger partial charge in [0, 0.05) is 32.3 Å². The minimum Gasteiger partial charge on any atom is -0.375 e. The summed E-state index contributed by atoms with van der Waals surface area (Å²) in [6.07, 6.45) is 0.464. The molecule has 0 aromatic carbocycles. The van der Waals surface area contributed by atoms with Gasteiger partial charge in [0.1, 0.15) is 6.61 Å². The van der Waals surface area contributed by atoms with Crippen molar-refractivity contribution < 1.29 is 13.5 Å². The van der Waals surface area contributed by atoms with Crippen molar-refractivity contribution in [3.8, 4) is 0 Å². The normalized spacial score (nSPS) is 13.3. The summed E-state index contributed by atoms with van der Waals surface area (Å²) in [4.78, 5) is 0.